The zero-order valence-corrected chi connectivity index (χ0v) is 19.0. The van der Waals surface area contributed by atoms with Crippen LogP contribution in [0.1, 0.15) is 0 Å². The van der Waals surface area contributed by atoms with Crippen LogP contribution in [0.25, 0.3) is 17.1 Å². The summed E-state index contributed by atoms with van der Waals surface area (Å²) >= 11 is 19.7. The van der Waals surface area contributed by atoms with Gasteiger partial charge in [0.05, 0.1) is 21.5 Å². The first kappa shape index (κ1) is 21.7. The minimum Gasteiger partial charge on any atom is -0.323 e. The molecule has 0 radical (unpaired) electrons. The molecule has 0 saturated heterocycles. The molecular formula is C22H15Cl3N4OS. The fourth-order valence-electron chi connectivity index (χ4n) is 2.91. The predicted molar refractivity (Wildman–Crippen MR) is 128 cm³/mol. The second-order valence-electron chi connectivity index (χ2n) is 6.42. The van der Waals surface area contributed by atoms with Crippen LogP contribution >= 0.6 is 46.6 Å². The molecule has 3 aromatic carbocycles. The molecule has 0 bridgehead atoms. The molecule has 0 aliphatic rings. The minimum atomic E-state index is -0.257. The first-order valence-electron chi connectivity index (χ1n) is 9.16. The molecule has 0 spiro atoms. The largest absolute Gasteiger partial charge is 0.323 e. The van der Waals surface area contributed by atoms with Gasteiger partial charge in [-0.3, -0.25) is 9.36 Å². The van der Waals surface area contributed by atoms with E-state index in [0.717, 1.165) is 11.3 Å². The molecule has 31 heavy (non-hydrogen) atoms. The Labute approximate surface area is 198 Å². The van der Waals surface area contributed by atoms with Crippen molar-refractivity contribution < 1.29 is 4.79 Å². The standard InChI is InChI=1S/C22H15Cl3N4OS/c23-15-7-4-6-14(12-15)21-27-28-22(29(21)16-8-2-1-3-9-16)31-13-19(30)26-20-17(24)10-5-11-18(20)25/h1-12H,13H2,(H,26,30). The van der Waals surface area contributed by atoms with Crippen LogP contribution in [0.15, 0.2) is 78.0 Å². The van der Waals surface area contributed by atoms with E-state index in [4.69, 9.17) is 34.8 Å². The second kappa shape index (κ2) is 9.75. The van der Waals surface area contributed by atoms with Gasteiger partial charge in [0.2, 0.25) is 5.91 Å². The zero-order chi connectivity index (χ0) is 21.8. The molecular weight excluding hydrogens is 475 g/mol. The quantitative estimate of drug-likeness (QED) is 0.309. The van der Waals surface area contributed by atoms with Crippen molar-refractivity contribution in [1.82, 2.24) is 14.8 Å². The lowest BCUT2D eigenvalue weighted by atomic mass is 10.2. The summed E-state index contributed by atoms with van der Waals surface area (Å²) in [5.41, 5.74) is 2.09. The summed E-state index contributed by atoms with van der Waals surface area (Å²) in [4.78, 5) is 12.5. The fraction of sp³-hybridized carbons (Fsp3) is 0.0455. The summed E-state index contributed by atoms with van der Waals surface area (Å²) < 4.78 is 1.89. The monoisotopic (exact) mass is 488 g/mol. The highest BCUT2D eigenvalue weighted by Crippen LogP contribution is 2.31. The lowest BCUT2D eigenvalue weighted by molar-refractivity contribution is -0.113. The molecule has 0 atom stereocenters. The van der Waals surface area contributed by atoms with E-state index in [1.165, 1.54) is 11.8 Å². The Morgan fingerprint density at radius 3 is 2.32 bits per heavy atom. The van der Waals surface area contributed by atoms with E-state index < -0.39 is 0 Å². The maximum absolute atomic E-state index is 12.5. The molecule has 0 saturated carbocycles. The Morgan fingerprint density at radius 1 is 0.903 bits per heavy atom. The highest BCUT2D eigenvalue weighted by atomic mass is 35.5. The van der Waals surface area contributed by atoms with Crippen LogP contribution in [0.2, 0.25) is 15.1 Å². The predicted octanol–water partition coefficient (Wildman–Crippen LogP) is 6.63. The van der Waals surface area contributed by atoms with Crippen molar-refractivity contribution in [3.05, 3.63) is 87.9 Å². The number of benzene rings is 3. The van der Waals surface area contributed by atoms with Crippen molar-refractivity contribution in [2.75, 3.05) is 11.1 Å². The minimum absolute atomic E-state index is 0.0993. The van der Waals surface area contributed by atoms with E-state index >= 15 is 0 Å². The normalized spacial score (nSPS) is 10.8. The fourth-order valence-corrected chi connectivity index (χ4v) is 4.34. The highest BCUT2D eigenvalue weighted by molar-refractivity contribution is 7.99. The van der Waals surface area contributed by atoms with Gasteiger partial charge in [0.15, 0.2) is 11.0 Å². The van der Waals surface area contributed by atoms with Gasteiger partial charge in [-0.2, -0.15) is 0 Å². The molecule has 5 nitrogen and oxygen atoms in total. The van der Waals surface area contributed by atoms with Gasteiger partial charge in [-0.25, -0.2) is 0 Å². The number of hydrogen-bond donors (Lipinski definition) is 1. The number of carbonyl (C=O) groups excluding carboxylic acids is 1. The molecule has 156 valence electrons. The molecule has 1 amide bonds. The molecule has 0 aliphatic heterocycles. The topological polar surface area (TPSA) is 59.8 Å². The van der Waals surface area contributed by atoms with E-state index in [0.29, 0.717) is 31.7 Å². The zero-order valence-electron chi connectivity index (χ0n) is 15.9. The van der Waals surface area contributed by atoms with Gasteiger partial charge < -0.3 is 5.32 Å². The average molecular weight is 490 g/mol. The lowest BCUT2D eigenvalue weighted by Gasteiger charge is -2.11. The van der Waals surface area contributed by atoms with E-state index in [1.807, 2.05) is 53.1 Å². The third-order valence-electron chi connectivity index (χ3n) is 4.29. The maximum atomic E-state index is 12.5. The molecule has 0 aliphatic carbocycles. The van der Waals surface area contributed by atoms with Crippen LogP contribution in [0, 0.1) is 0 Å². The molecule has 1 aromatic heterocycles. The van der Waals surface area contributed by atoms with Crippen molar-refractivity contribution in [2.45, 2.75) is 5.16 Å². The van der Waals surface area contributed by atoms with Gasteiger partial charge >= 0.3 is 0 Å². The number of aromatic nitrogens is 3. The van der Waals surface area contributed by atoms with E-state index in [9.17, 15) is 4.79 Å². The van der Waals surface area contributed by atoms with Gasteiger partial charge in [0.25, 0.3) is 0 Å². The molecule has 9 heteroatoms. The van der Waals surface area contributed by atoms with Crippen molar-refractivity contribution >= 4 is 58.2 Å². The molecule has 0 fully saturated rings. The van der Waals surface area contributed by atoms with E-state index in [-0.39, 0.29) is 11.7 Å². The summed E-state index contributed by atoms with van der Waals surface area (Å²) in [5, 5.41) is 13.3. The van der Waals surface area contributed by atoms with Crippen LogP contribution < -0.4 is 5.32 Å². The van der Waals surface area contributed by atoms with Crippen LogP contribution in [0.5, 0.6) is 0 Å². The Bertz CT molecular complexity index is 1210. The Morgan fingerprint density at radius 2 is 1.61 bits per heavy atom. The number of anilines is 1. The van der Waals surface area contributed by atoms with Crippen molar-refractivity contribution in [3.63, 3.8) is 0 Å². The number of thioether (sulfide) groups is 1. The van der Waals surface area contributed by atoms with Crippen molar-refractivity contribution in [3.8, 4) is 17.1 Å². The maximum Gasteiger partial charge on any atom is 0.234 e. The van der Waals surface area contributed by atoms with Gasteiger partial charge in [0, 0.05) is 16.3 Å². The number of hydrogen-bond acceptors (Lipinski definition) is 4. The summed E-state index contributed by atoms with van der Waals surface area (Å²) in [7, 11) is 0. The third-order valence-corrected chi connectivity index (χ3v) is 6.08. The molecule has 0 unspecified atom stereocenters. The van der Waals surface area contributed by atoms with Gasteiger partial charge in [-0.15, -0.1) is 10.2 Å². The summed E-state index contributed by atoms with van der Waals surface area (Å²) in [6.45, 7) is 0. The Kier molecular flexibility index (Phi) is 6.83. The first-order valence-corrected chi connectivity index (χ1v) is 11.3. The summed E-state index contributed by atoms with van der Waals surface area (Å²) in [6.07, 6.45) is 0. The number of carbonyl (C=O) groups is 1. The number of halogens is 3. The Balaban J connectivity index is 1.61. The van der Waals surface area contributed by atoms with Crippen molar-refractivity contribution in [2.24, 2.45) is 0 Å². The van der Waals surface area contributed by atoms with Crippen LogP contribution in [0.3, 0.4) is 0 Å². The van der Waals surface area contributed by atoms with E-state index in [2.05, 4.69) is 15.5 Å². The number of nitrogens with one attached hydrogen (secondary N) is 1. The first-order chi connectivity index (χ1) is 15.0. The summed E-state index contributed by atoms with van der Waals surface area (Å²) in [5.74, 6) is 0.472. The van der Waals surface area contributed by atoms with Gasteiger partial charge in [-0.1, -0.05) is 83.0 Å². The highest BCUT2D eigenvalue weighted by Gasteiger charge is 2.18. The molecule has 4 rings (SSSR count). The molecule has 1 heterocycles. The van der Waals surface area contributed by atoms with Crippen LogP contribution in [-0.2, 0) is 4.79 Å². The second-order valence-corrected chi connectivity index (χ2v) is 8.61. The lowest BCUT2D eigenvalue weighted by Crippen LogP contribution is -2.15. The average Bonchev–Trinajstić information content (AvgIpc) is 3.20. The third kappa shape index (κ3) is 5.05. The number of nitrogens with zero attached hydrogens (tertiary/aromatic N) is 3. The number of amides is 1. The summed E-state index contributed by atoms with van der Waals surface area (Å²) in [6, 6.07) is 22.1. The molecule has 1 N–H and O–H groups in total. The van der Waals surface area contributed by atoms with Crippen LogP contribution in [0.4, 0.5) is 5.69 Å². The number of para-hydroxylation sites is 2. The SMILES string of the molecule is O=C(CSc1nnc(-c2cccc(Cl)c2)n1-c1ccccc1)Nc1c(Cl)cccc1Cl. The Hall–Kier alpha value is -2.51. The van der Waals surface area contributed by atoms with E-state index in [1.54, 1.807) is 24.3 Å². The van der Waals surface area contributed by atoms with Gasteiger partial charge in [0.1, 0.15) is 0 Å². The smallest absolute Gasteiger partial charge is 0.234 e. The van der Waals surface area contributed by atoms with Crippen LogP contribution in [-0.4, -0.2) is 26.4 Å². The van der Waals surface area contributed by atoms with Crippen molar-refractivity contribution in [1.29, 1.82) is 0 Å². The van der Waals surface area contributed by atoms with Gasteiger partial charge in [-0.05, 0) is 36.4 Å². The number of rotatable bonds is 6. The molecule has 4 aromatic rings.